The van der Waals surface area contributed by atoms with Gasteiger partial charge in [0.2, 0.25) is 0 Å². The van der Waals surface area contributed by atoms with Crippen LogP contribution < -0.4 is 0 Å². The molecule has 1 fully saturated rings. The van der Waals surface area contributed by atoms with E-state index in [4.69, 9.17) is 9.26 Å². The number of rotatable bonds is 5. The molecular weight excluding hydrogens is 363 g/mol. The van der Waals surface area contributed by atoms with E-state index in [0.29, 0.717) is 42.8 Å². The van der Waals surface area contributed by atoms with Crippen LogP contribution in [0.3, 0.4) is 0 Å². The maximum Gasteiger partial charge on any atom is 0.314 e. The van der Waals surface area contributed by atoms with Gasteiger partial charge in [-0.1, -0.05) is 17.3 Å². The van der Waals surface area contributed by atoms with Crippen LogP contribution >= 0.6 is 0 Å². The third-order valence-electron chi connectivity index (χ3n) is 5.28. The number of aryl methyl sites for hydroxylation is 2. The fourth-order valence-corrected chi connectivity index (χ4v) is 3.91. The van der Waals surface area contributed by atoms with Gasteiger partial charge in [0.05, 0.1) is 17.7 Å². The lowest BCUT2D eigenvalue weighted by Gasteiger charge is -2.41. The number of ether oxygens (including phenoxy) is 1. The fraction of sp³-hybridized carbons (Fsp3) is 0.476. The second kappa shape index (κ2) is 8.12. The zero-order valence-corrected chi connectivity index (χ0v) is 16.5. The number of carbonyl (C=O) groups excluding carboxylic acids is 2. The Bertz CT molecular complexity index is 842. The van der Waals surface area contributed by atoms with Gasteiger partial charge in [-0.15, -0.1) is 0 Å². The molecule has 1 amide bonds. The molecule has 150 valence electrons. The number of hydrogen-bond acceptors (Lipinski definition) is 5. The van der Waals surface area contributed by atoms with Gasteiger partial charge in [-0.25, -0.2) is 4.39 Å². The Hall–Kier alpha value is -2.70. The summed E-state index contributed by atoms with van der Waals surface area (Å²) >= 11 is 0. The van der Waals surface area contributed by atoms with E-state index in [1.165, 1.54) is 12.1 Å². The highest BCUT2D eigenvalue weighted by Crippen LogP contribution is 2.36. The zero-order chi connectivity index (χ0) is 20.3. The van der Waals surface area contributed by atoms with E-state index in [-0.39, 0.29) is 30.8 Å². The molecule has 28 heavy (non-hydrogen) atoms. The molecule has 1 aromatic heterocycles. The molecule has 2 aromatic rings. The monoisotopic (exact) mass is 388 g/mol. The van der Waals surface area contributed by atoms with Crippen LogP contribution in [0.4, 0.5) is 4.39 Å². The van der Waals surface area contributed by atoms with Crippen molar-refractivity contribution in [2.24, 2.45) is 5.41 Å². The fourth-order valence-electron chi connectivity index (χ4n) is 3.91. The molecule has 0 spiro atoms. The molecule has 2 heterocycles. The lowest BCUT2D eigenvalue weighted by atomic mass is 9.75. The number of piperidine rings is 1. The lowest BCUT2D eigenvalue weighted by molar-refractivity contribution is -0.158. The summed E-state index contributed by atoms with van der Waals surface area (Å²) in [5.74, 6) is -0.375. The van der Waals surface area contributed by atoms with Crippen LogP contribution in [0.5, 0.6) is 0 Å². The highest BCUT2D eigenvalue weighted by molar-refractivity contribution is 5.96. The zero-order valence-electron chi connectivity index (χ0n) is 16.5. The molecule has 1 aliphatic rings. The Morgan fingerprint density at radius 3 is 2.61 bits per heavy atom. The van der Waals surface area contributed by atoms with Crippen LogP contribution in [-0.4, -0.2) is 41.6 Å². The standard InChI is InChI=1S/C21H25FN2O4/c1-4-27-20(26)21(12-16-6-8-17(22)9-7-16)10-5-11-24(13-21)19(25)18-14(2)23-28-15(18)3/h6-9H,4-5,10-13H2,1-3H3/t21-/m1/s1. The Labute approximate surface area is 163 Å². The molecular formula is C21H25FN2O4. The minimum absolute atomic E-state index is 0.191. The summed E-state index contributed by atoms with van der Waals surface area (Å²) in [5.41, 5.74) is 0.955. The number of carbonyl (C=O) groups is 2. The normalized spacial score (nSPS) is 19.5. The van der Waals surface area contributed by atoms with Crippen LogP contribution in [0.15, 0.2) is 28.8 Å². The molecule has 0 bridgehead atoms. The Morgan fingerprint density at radius 1 is 1.29 bits per heavy atom. The van der Waals surface area contributed by atoms with E-state index in [1.54, 1.807) is 37.8 Å². The van der Waals surface area contributed by atoms with Crippen molar-refractivity contribution < 1.29 is 23.2 Å². The molecule has 1 aromatic carbocycles. The van der Waals surface area contributed by atoms with Gasteiger partial charge < -0.3 is 14.2 Å². The van der Waals surface area contributed by atoms with Crippen LogP contribution in [0, 0.1) is 25.1 Å². The van der Waals surface area contributed by atoms with Crippen LogP contribution in [0.2, 0.25) is 0 Å². The predicted octanol–water partition coefficient (Wildman–Crippen LogP) is 3.46. The predicted molar refractivity (Wildman–Crippen MR) is 100 cm³/mol. The first-order chi connectivity index (χ1) is 13.4. The Morgan fingerprint density at radius 2 is 2.00 bits per heavy atom. The molecule has 3 rings (SSSR count). The molecule has 0 radical (unpaired) electrons. The van der Waals surface area contributed by atoms with Crippen LogP contribution in [-0.2, 0) is 16.0 Å². The number of hydrogen-bond donors (Lipinski definition) is 0. The number of likely N-dealkylation sites (tertiary alicyclic amines) is 1. The Kier molecular flexibility index (Phi) is 5.82. The van der Waals surface area contributed by atoms with Gasteiger partial charge in [-0.2, -0.15) is 0 Å². The molecule has 0 saturated carbocycles. The molecule has 0 unspecified atom stereocenters. The van der Waals surface area contributed by atoms with Crippen molar-refractivity contribution in [2.45, 2.75) is 40.0 Å². The summed E-state index contributed by atoms with van der Waals surface area (Å²) in [6.45, 7) is 6.25. The summed E-state index contributed by atoms with van der Waals surface area (Å²) < 4.78 is 23.8. The summed E-state index contributed by atoms with van der Waals surface area (Å²) in [5, 5.41) is 3.86. The van der Waals surface area contributed by atoms with Crippen molar-refractivity contribution >= 4 is 11.9 Å². The van der Waals surface area contributed by atoms with Crippen molar-refractivity contribution in [1.82, 2.24) is 10.1 Å². The first-order valence-corrected chi connectivity index (χ1v) is 9.50. The van der Waals surface area contributed by atoms with E-state index in [9.17, 15) is 14.0 Å². The van der Waals surface area contributed by atoms with Gasteiger partial charge in [0.15, 0.2) is 0 Å². The number of esters is 1. The number of aromatic nitrogens is 1. The smallest absolute Gasteiger partial charge is 0.314 e. The molecule has 0 N–H and O–H groups in total. The number of amides is 1. The van der Waals surface area contributed by atoms with Crippen LogP contribution in [0.25, 0.3) is 0 Å². The van der Waals surface area contributed by atoms with Crippen LogP contribution in [0.1, 0.15) is 47.1 Å². The third-order valence-corrected chi connectivity index (χ3v) is 5.28. The number of benzene rings is 1. The second-order valence-corrected chi connectivity index (χ2v) is 7.33. The van der Waals surface area contributed by atoms with Gasteiger partial charge in [0.25, 0.3) is 5.91 Å². The van der Waals surface area contributed by atoms with Crippen molar-refractivity contribution in [1.29, 1.82) is 0 Å². The summed E-state index contributed by atoms with van der Waals surface area (Å²) in [7, 11) is 0. The molecule has 0 aliphatic carbocycles. The summed E-state index contributed by atoms with van der Waals surface area (Å²) in [4.78, 5) is 27.7. The Balaban J connectivity index is 1.90. The highest BCUT2D eigenvalue weighted by Gasteiger charge is 2.45. The molecule has 1 aliphatic heterocycles. The molecule has 1 atom stereocenters. The minimum Gasteiger partial charge on any atom is -0.466 e. The number of halogens is 1. The largest absolute Gasteiger partial charge is 0.466 e. The molecule has 1 saturated heterocycles. The van der Waals surface area contributed by atoms with E-state index in [2.05, 4.69) is 5.16 Å². The van der Waals surface area contributed by atoms with Crippen molar-refractivity contribution in [3.8, 4) is 0 Å². The third kappa shape index (κ3) is 3.93. The first-order valence-electron chi connectivity index (χ1n) is 9.50. The van der Waals surface area contributed by atoms with E-state index >= 15 is 0 Å². The first kappa shape index (κ1) is 20.0. The van der Waals surface area contributed by atoms with E-state index in [0.717, 1.165) is 5.56 Å². The topological polar surface area (TPSA) is 72.6 Å². The van der Waals surface area contributed by atoms with Crippen molar-refractivity contribution in [3.63, 3.8) is 0 Å². The summed E-state index contributed by atoms with van der Waals surface area (Å²) in [6, 6.07) is 6.10. The maximum atomic E-state index is 13.3. The quantitative estimate of drug-likeness (QED) is 0.734. The molecule has 7 heteroatoms. The van der Waals surface area contributed by atoms with E-state index in [1.807, 2.05) is 0 Å². The number of nitrogens with zero attached hydrogens (tertiary/aromatic N) is 2. The van der Waals surface area contributed by atoms with Crippen molar-refractivity contribution in [2.75, 3.05) is 19.7 Å². The summed E-state index contributed by atoms with van der Waals surface area (Å²) in [6.07, 6.45) is 1.67. The highest BCUT2D eigenvalue weighted by atomic mass is 19.1. The van der Waals surface area contributed by atoms with Gasteiger partial charge >= 0.3 is 5.97 Å². The second-order valence-electron chi connectivity index (χ2n) is 7.33. The minimum atomic E-state index is -0.860. The maximum absolute atomic E-state index is 13.3. The average Bonchev–Trinajstić information content (AvgIpc) is 3.02. The van der Waals surface area contributed by atoms with Gasteiger partial charge in [0.1, 0.15) is 17.1 Å². The van der Waals surface area contributed by atoms with Crippen molar-refractivity contribution in [3.05, 3.63) is 52.7 Å². The lowest BCUT2D eigenvalue weighted by Crippen LogP contribution is -2.51. The van der Waals surface area contributed by atoms with Gasteiger partial charge in [-0.3, -0.25) is 9.59 Å². The van der Waals surface area contributed by atoms with E-state index < -0.39 is 5.41 Å². The molecule has 6 nitrogen and oxygen atoms in total. The van der Waals surface area contributed by atoms with Gasteiger partial charge in [0, 0.05) is 13.1 Å². The van der Waals surface area contributed by atoms with Gasteiger partial charge in [-0.05, 0) is 57.7 Å². The average molecular weight is 388 g/mol. The SMILES string of the molecule is CCOC(=O)[C@@]1(Cc2ccc(F)cc2)CCCN(C(=O)c2c(C)noc2C)C1.